The van der Waals surface area contributed by atoms with E-state index in [0.29, 0.717) is 5.69 Å². The molecule has 0 spiro atoms. The molecule has 124 valence electrons. The first-order valence-electron chi connectivity index (χ1n) is 8.18. The van der Waals surface area contributed by atoms with Crippen molar-refractivity contribution in [2.75, 3.05) is 5.73 Å². The summed E-state index contributed by atoms with van der Waals surface area (Å²) >= 11 is 0. The van der Waals surface area contributed by atoms with Crippen LogP contribution >= 0.6 is 0 Å². The lowest BCUT2D eigenvalue weighted by molar-refractivity contribution is 0.760. The molecule has 25 heavy (non-hydrogen) atoms. The topological polar surface area (TPSA) is 61.7 Å². The van der Waals surface area contributed by atoms with E-state index < -0.39 is 0 Å². The molecule has 0 amide bonds. The number of aromatic nitrogens is 4. The predicted molar refractivity (Wildman–Crippen MR) is 100 cm³/mol. The van der Waals surface area contributed by atoms with E-state index in [2.05, 4.69) is 23.3 Å². The van der Waals surface area contributed by atoms with Crippen molar-refractivity contribution in [3.63, 3.8) is 0 Å². The Morgan fingerprint density at radius 1 is 0.800 bits per heavy atom. The molecule has 0 fully saturated rings. The highest BCUT2D eigenvalue weighted by Crippen LogP contribution is 2.30. The van der Waals surface area contributed by atoms with E-state index >= 15 is 0 Å². The van der Waals surface area contributed by atoms with Crippen LogP contribution in [0.15, 0.2) is 66.7 Å². The highest BCUT2D eigenvalue weighted by molar-refractivity contribution is 5.67. The summed E-state index contributed by atoms with van der Waals surface area (Å²) in [5.41, 5.74) is 11.7. The van der Waals surface area contributed by atoms with Gasteiger partial charge in [-0.05, 0) is 32.0 Å². The zero-order chi connectivity index (χ0) is 17.4. The summed E-state index contributed by atoms with van der Waals surface area (Å²) in [5, 5.41) is 9.33. The highest BCUT2D eigenvalue weighted by Gasteiger charge is 2.20. The van der Waals surface area contributed by atoms with Gasteiger partial charge in [0.2, 0.25) is 0 Å². The lowest BCUT2D eigenvalue weighted by atomic mass is 10.1. The van der Waals surface area contributed by atoms with E-state index in [0.717, 1.165) is 34.2 Å². The number of rotatable bonds is 3. The van der Waals surface area contributed by atoms with Crippen molar-refractivity contribution in [2.24, 2.45) is 0 Å². The van der Waals surface area contributed by atoms with E-state index in [1.807, 2.05) is 71.7 Å². The van der Waals surface area contributed by atoms with Gasteiger partial charge in [-0.25, -0.2) is 9.36 Å². The number of benzene rings is 2. The Kier molecular flexibility index (Phi) is 3.61. The van der Waals surface area contributed by atoms with Gasteiger partial charge in [-0.1, -0.05) is 48.5 Å². The quantitative estimate of drug-likeness (QED) is 0.619. The summed E-state index contributed by atoms with van der Waals surface area (Å²) in [4.78, 5) is 0. The maximum Gasteiger partial charge on any atom is 0.180 e. The van der Waals surface area contributed by atoms with Gasteiger partial charge in [-0.15, -0.1) is 0 Å². The zero-order valence-electron chi connectivity index (χ0n) is 14.2. The van der Waals surface area contributed by atoms with Gasteiger partial charge in [0.25, 0.3) is 0 Å². The summed E-state index contributed by atoms with van der Waals surface area (Å²) in [6, 6.07) is 22.2. The fourth-order valence-electron chi connectivity index (χ4n) is 2.96. The molecule has 2 aromatic carbocycles. The monoisotopic (exact) mass is 329 g/mol. The predicted octanol–water partition coefficient (Wildman–Crippen LogP) is 3.92. The van der Waals surface area contributed by atoms with Gasteiger partial charge in [0.1, 0.15) is 5.69 Å². The fraction of sp³-hybridized carbons (Fsp3) is 0.100. The first-order valence-corrected chi connectivity index (χ1v) is 8.18. The molecule has 0 unspecified atom stereocenters. The molecule has 5 heteroatoms. The van der Waals surface area contributed by atoms with Crippen LogP contribution in [0.5, 0.6) is 0 Å². The molecule has 0 saturated heterocycles. The third-order valence-corrected chi connectivity index (χ3v) is 4.18. The molecule has 4 rings (SSSR count). The summed E-state index contributed by atoms with van der Waals surface area (Å²) < 4.78 is 3.73. The van der Waals surface area contributed by atoms with Crippen LogP contribution in [0.1, 0.15) is 11.4 Å². The average molecular weight is 329 g/mol. The average Bonchev–Trinajstić information content (AvgIpc) is 3.16. The number of para-hydroxylation sites is 1. The molecule has 2 N–H and O–H groups in total. The number of hydrogen-bond donors (Lipinski definition) is 1. The smallest absolute Gasteiger partial charge is 0.180 e. The van der Waals surface area contributed by atoms with E-state index in [1.54, 1.807) is 0 Å². The fourth-order valence-corrected chi connectivity index (χ4v) is 2.96. The van der Waals surface area contributed by atoms with E-state index in [-0.39, 0.29) is 0 Å². The van der Waals surface area contributed by atoms with Crippen molar-refractivity contribution in [1.82, 2.24) is 19.6 Å². The van der Waals surface area contributed by atoms with Gasteiger partial charge in [-0.2, -0.15) is 10.2 Å². The van der Waals surface area contributed by atoms with Crippen LogP contribution in [0.25, 0.3) is 22.8 Å². The normalized spacial score (nSPS) is 11.0. The van der Waals surface area contributed by atoms with Crippen LogP contribution in [-0.4, -0.2) is 19.6 Å². The molecule has 0 saturated carbocycles. The molecule has 0 aliphatic heterocycles. The van der Waals surface area contributed by atoms with Gasteiger partial charge >= 0.3 is 0 Å². The van der Waals surface area contributed by atoms with E-state index in [4.69, 9.17) is 10.8 Å². The Morgan fingerprint density at radius 3 is 2.12 bits per heavy atom. The standard InChI is InChI=1S/C20H19N5/c1-14-13-18(16-9-5-3-6-10-16)25(22-14)20-19(21)15(2)23-24(20)17-11-7-4-8-12-17/h3-13H,21H2,1-2H3. The molecule has 4 aromatic rings. The third kappa shape index (κ3) is 2.59. The Balaban J connectivity index is 1.98. The summed E-state index contributed by atoms with van der Waals surface area (Å²) in [7, 11) is 0. The second-order valence-corrected chi connectivity index (χ2v) is 6.02. The largest absolute Gasteiger partial charge is 0.394 e. The van der Waals surface area contributed by atoms with Crippen molar-refractivity contribution in [3.8, 4) is 22.8 Å². The minimum Gasteiger partial charge on any atom is -0.394 e. The maximum atomic E-state index is 6.38. The Labute approximate surface area is 146 Å². The van der Waals surface area contributed by atoms with Crippen molar-refractivity contribution in [1.29, 1.82) is 0 Å². The second-order valence-electron chi connectivity index (χ2n) is 6.02. The number of hydrogen-bond acceptors (Lipinski definition) is 3. The molecule has 2 heterocycles. The van der Waals surface area contributed by atoms with Gasteiger partial charge < -0.3 is 5.73 Å². The molecule has 0 atom stereocenters. The SMILES string of the molecule is Cc1cc(-c2ccccc2)n(-c2c(N)c(C)nn2-c2ccccc2)n1. The van der Waals surface area contributed by atoms with Crippen LogP contribution in [0.2, 0.25) is 0 Å². The van der Waals surface area contributed by atoms with Crippen molar-refractivity contribution in [3.05, 3.63) is 78.1 Å². The van der Waals surface area contributed by atoms with Gasteiger partial charge in [-0.3, -0.25) is 0 Å². The molecular weight excluding hydrogens is 310 g/mol. The third-order valence-electron chi connectivity index (χ3n) is 4.18. The summed E-state index contributed by atoms with van der Waals surface area (Å²) in [5.74, 6) is 0.760. The second kappa shape index (κ2) is 5.94. The zero-order valence-corrected chi connectivity index (χ0v) is 14.2. The lowest BCUT2D eigenvalue weighted by Gasteiger charge is -2.11. The van der Waals surface area contributed by atoms with Crippen LogP contribution in [-0.2, 0) is 0 Å². The summed E-state index contributed by atoms with van der Waals surface area (Å²) in [6.45, 7) is 3.89. The van der Waals surface area contributed by atoms with Crippen LogP contribution < -0.4 is 5.73 Å². The van der Waals surface area contributed by atoms with E-state index in [9.17, 15) is 0 Å². The number of nitrogens with two attached hydrogens (primary N) is 1. The maximum absolute atomic E-state index is 6.38. The first kappa shape index (κ1) is 15.2. The van der Waals surface area contributed by atoms with Crippen molar-refractivity contribution in [2.45, 2.75) is 13.8 Å². The molecule has 0 radical (unpaired) electrons. The van der Waals surface area contributed by atoms with Gasteiger partial charge in [0.05, 0.1) is 22.8 Å². The van der Waals surface area contributed by atoms with Crippen molar-refractivity contribution >= 4 is 5.69 Å². The molecule has 0 bridgehead atoms. The molecular formula is C20H19N5. The number of aryl methyl sites for hydroxylation is 2. The minimum atomic E-state index is 0.629. The summed E-state index contributed by atoms with van der Waals surface area (Å²) in [6.07, 6.45) is 0. The minimum absolute atomic E-state index is 0.629. The molecule has 2 aromatic heterocycles. The highest BCUT2D eigenvalue weighted by atomic mass is 15.4. The van der Waals surface area contributed by atoms with E-state index in [1.165, 1.54) is 0 Å². The number of nitrogens with zero attached hydrogens (tertiary/aromatic N) is 4. The Bertz CT molecular complexity index is 1010. The van der Waals surface area contributed by atoms with Crippen LogP contribution in [0, 0.1) is 13.8 Å². The number of nitrogen functional groups attached to an aromatic ring is 1. The molecule has 0 aliphatic rings. The van der Waals surface area contributed by atoms with Gasteiger partial charge in [0, 0.05) is 5.56 Å². The van der Waals surface area contributed by atoms with Crippen molar-refractivity contribution < 1.29 is 0 Å². The Morgan fingerprint density at radius 2 is 1.44 bits per heavy atom. The van der Waals surface area contributed by atoms with Gasteiger partial charge in [0.15, 0.2) is 5.82 Å². The lowest BCUT2D eigenvalue weighted by Crippen LogP contribution is -2.10. The number of anilines is 1. The Hall–Kier alpha value is -3.34. The van der Waals surface area contributed by atoms with Crippen LogP contribution in [0.4, 0.5) is 5.69 Å². The first-order chi connectivity index (χ1) is 12.1. The van der Waals surface area contributed by atoms with Crippen LogP contribution in [0.3, 0.4) is 0 Å². The molecule has 5 nitrogen and oxygen atoms in total. The molecule has 0 aliphatic carbocycles.